The molecule has 0 N–H and O–H groups in total. The molecule has 3 heteroatoms. The second-order valence-corrected chi connectivity index (χ2v) is 4.03. The minimum atomic E-state index is 0.0369. The van der Waals surface area contributed by atoms with Gasteiger partial charge >= 0.3 is 0 Å². The van der Waals surface area contributed by atoms with Gasteiger partial charge in [-0.2, -0.15) is 0 Å². The van der Waals surface area contributed by atoms with E-state index in [-0.39, 0.29) is 11.7 Å². The molecule has 76 valence electrons. The fraction of sp³-hybridized carbons (Fsp3) is 0.333. The van der Waals surface area contributed by atoms with Gasteiger partial charge in [-0.25, -0.2) is 0 Å². The Balaban J connectivity index is 2.29. The largest absolute Gasteiger partial charge is 0.294 e. The van der Waals surface area contributed by atoms with Gasteiger partial charge in [0, 0.05) is 24.6 Å². The molecule has 0 amide bonds. The molecule has 0 saturated carbocycles. The van der Waals surface area contributed by atoms with Crippen LogP contribution in [0.2, 0.25) is 0 Å². The maximum absolute atomic E-state index is 11.8. The predicted molar refractivity (Wildman–Crippen MR) is 55.6 cm³/mol. The number of aromatic nitrogens is 1. The van der Waals surface area contributed by atoms with Crippen molar-refractivity contribution in [3.05, 3.63) is 29.6 Å². The number of Topliss-reactive ketones (excluding diaryl/α,β-unsaturated/α-hetero) is 1. The molecule has 1 aromatic heterocycles. The van der Waals surface area contributed by atoms with Gasteiger partial charge in [0.15, 0.2) is 5.78 Å². The molecule has 2 aliphatic rings. The smallest absolute Gasteiger partial charge is 0.231 e. The second-order valence-electron chi connectivity index (χ2n) is 4.03. The number of aryl methyl sites for hydroxylation is 1. The van der Waals surface area contributed by atoms with Crippen molar-refractivity contribution in [3.63, 3.8) is 0 Å². The summed E-state index contributed by atoms with van der Waals surface area (Å²) in [6.45, 7) is 0. The van der Waals surface area contributed by atoms with Gasteiger partial charge in [0.2, 0.25) is 5.91 Å². The molecular weight excluding hydrogens is 190 g/mol. The third-order valence-electron chi connectivity index (χ3n) is 3.12. The van der Waals surface area contributed by atoms with E-state index in [4.69, 9.17) is 0 Å². The van der Waals surface area contributed by atoms with Crippen LogP contribution >= 0.6 is 0 Å². The topological polar surface area (TPSA) is 39.1 Å². The van der Waals surface area contributed by atoms with Gasteiger partial charge in [0.05, 0.1) is 5.69 Å². The number of carbonyl (C=O) groups excluding carboxylic acids is 2. The third-order valence-corrected chi connectivity index (χ3v) is 3.12. The van der Waals surface area contributed by atoms with Crippen LogP contribution in [0.15, 0.2) is 18.3 Å². The lowest BCUT2D eigenvalue weighted by atomic mass is 9.94. The molecule has 15 heavy (non-hydrogen) atoms. The van der Waals surface area contributed by atoms with Gasteiger partial charge in [-0.05, 0) is 24.5 Å². The Morgan fingerprint density at radius 2 is 2.00 bits per heavy atom. The van der Waals surface area contributed by atoms with Crippen LogP contribution in [-0.4, -0.2) is 16.3 Å². The third kappa shape index (κ3) is 1.12. The van der Waals surface area contributed by atoms with Crippen LogP contribution in [0.25, 0.3) is 5.57 Å². The van der Waals surface area contributed by atoms with E-state index in [0.29, 0.717) is 12.8 Å². The highest BCUT2D eigenvalue weighted by Gasteiger charge is 2.27. The SMILES string of the molecule is O=C1CCC(=O)n2ccc3c2C1=CCC3. The van der Waals surface area contributed by atoms with Crippen molar-refractivity contribution < 1.29 is 9.59 Å². The molecule has 1 aliphatic carbocycles. The average Bonchev–Trinajstić information content (AvgIpc) is 2.63. The van der Waals surface area contributed by atoms with Crippen LogP contribution in [0.1, 0.15) is 35.3 Å². The molecule has 0 unspecified atom stereocenters. The van der Waals surface area contributed by atoms with E-state index in [1.807, 2.05) is 12.1 Å². The summed E-state index contributed by atoms with van der Waals surface area (Å²) in [5.74, 6) is 0.150. The molecule has 3 rings (SSSR count). The van der Waals surface area contributed by atoms with Crippen LogP contribution in [-0.2, 0) is 11.2 Å². The Hall–Kier alpha value is -1.64. The van der Waals surface area contributed by atoms with Crippen molar-refractivity contribution >= 4 is 17.3 Å². The Morgan fingerprint density at radius 3 is 2.87 bits per heavy atom. The number of hydrogen-bond acceptors (Lipinski definition) is 2. The van der Waals surface area contributed by atoms with E-state index < -0.39 is 0 Å². The summed E-state index contributed by atoms with van der Waals surface area (Å²) in [5.41, 5.74) is 2.75. The highest BCUT2D eigenvalue weighted by Crippen LogP contribution is 2.31. The van der Waals surface area contributed by atoms with Crippen LogP contribution in [0.4, 0.5) is 0 Å². The average molecular weight is 201 g/mol. The van der Waals surface area contributed by atoms with Gasteiger partial charge in [-0.1, -0.05) is 6.08 Å². The number of allylic oxidation sites excluding steroid dienone is 2. The second kappa shape index (κ2) is 2.92. The highest BCUT2D eigenvalue weighted by molar-refractivity contribution is 6.23. The Labute approximate surface area is 87.4 Å². The normalized spacial score (nSPS) is 19.6. The standard InChI is InChI=1S/C12H11NO2/c14-10-4-5-11(15)13-7-6-8-2-1-3-9(10)12(8)13/h3,6-7H,1-2,4-5H2. The van der Waals surface area contributed by atoms with Crippen molar-refractivity contribution in [3.8, 4) is 0 Å². The molecule has 0 saturated heterocycles. The zero-order valence-corrected chi connectivity index (χ0v) is 8.32. The molecule has 1 aromatic rings. The lowest BCUT2D eigenvalue weighted by molar-refractivity contribution is -0.113. The summed E-state index contributed by atoms with van der Waals surface area (Å²) in [7, 11) is 0. The van der Waals surface area contributed by atoms with Crippen LogP contribution < -0.4 is 0 Å². The zero-order chi connectivity index (χ0) is 10.4. The monoisotopic (exact) mass is 201 g/mol. The molecule has 2 heterocycles. The van der Waals surface area contributed by atoms with Crippen molar-refractivity contribution in [1.82, 2.24) is 4.57 Å². The molecule has 0 aromatic carbocycles. The van der Waals surface area contributed by atoms with E-state index in [1.54, 1.807) is 10.8 Å². The van der Waals surface area contributed by atoms with E-state index >= 15 is 0 Å². The minimum Gasteiger partial charge on any atom is -0.294 e. The summed E-state index contributed by atoms with van der Waals surface area (Å²) < 4.78 is 1.64. The molecule has 0 radical (unpaired) electrons. The summed E-state index contributed by atoms with van der Waals surface area (Å²) >= 11 is 0. The molecule has 1 aliphatic heterocycles. The predicted octanol–water partition coefficient (Wildman–Crippen LogP) is 1.82. The quantitative estimate of drug-likeness (QED) is 0.642. The van der Waals surface area contributed by atoms with Crippen molar-refractivity contribution in [2.75, 3.05) is 0 Å². The Kier molecular flexibility index (Phi) is 1.69. The van der Waals surface area contributed by atoms with Crippen molar-refractivity contribution in [2.24, 2.45) is 0 Å². The maximum Gasteiger partial charge on any atom is 0.231 e. The fourth-order valence-electron chi connectivity index (χ4n) is 2.38. The molecular formula is C12H11NO2. The first-order chi connectivity index (χ1) is 7.27. The van der Waals surface area contributed by atoms with Gasteiger partial charge in [-0.15, -0.1) is 0 Å². The van der Waals surface area contributed by atoms with Gasteiger partial charge in [-0.3, -0.25) is 14.2 Å². The Morgan fingerprint density at radius 1 is 1.13 bits per heavy atom. The number of ketones is 1. The summed E-state index contributed by atoms with van der Waals surface area (Å²) in [6, 6.07) is 1.96. The molecule has 0 atom stereocenters. The van der Waals surface area contributed by atoms with E-state index in [1.165, 1.54) is 0 Å². The van der Waals surface area contributed by atoms with Gasteiger partial charge in [0.25, 0.3) is 0 Å². The minimum absolute atomic E-state index is 0.0369. The zero-order valence-electron chi connectivity index (χ0n) is 8.32. The van der Waals surface area contributed by atoms with E-state index in [2.05, 4.69) is 0 Å². The first-order valence-electron chi connectivity index (χ1n) is 5.24. The summed E-state index contributed by atoms with van der Waals surface area (Å²) in [5, 5.41) is 0. The first-order valence-corrected chi connectivity index (χ1v) is 5.24. The number of rotatable bonds is 0. The molecule has 0 fully saturated rings. The fourth-order valence-corrected chi connectivity index (χ4v) is 2.38. The lowest BCUT2D eigenvalue weighted by Gasteiger charge is -2.13. The van der Waals surface area contributed by atoms with Crippen molar-refractivity contribution in [1.29, 1.82) is 0 Å². The highest BCUT2D eigenvalue weighted by atomic mass is 16.2. The number of hydrogen-bond donors (Lipinski definition) is 0. The summed E-state index contributed by atoms with van der Waals surface area (Å²) in [6.07, 6.45) is 6.30. The van der Waals surface area contributed by atoms with Crippen LogP contribution in [0.5, 0.6) is 0 Å². The Bertz CT molecular complexity index is 494. The lowest BCUT2D eigenvalue weighted by Crippen LogP contribution is -2.11. The van der Waals surface area contributed by atoms with E-state index in [0.717, 1.165) is 29.7 Å². The number of carbonyl (C=O) groups is 2. The maximum atomic E-state index is 11.8. The molecule has 0 spiro atoms. The van der Waals surface area contributed by atoms with E-state index in [9.17, 15) is 9.59 Å². The van der Waals surface area contributed by atoms with Gasteiger partial charge < -0.3 is 0 Å². The summed E-state index contributed by atoms with van der Waals surface area (Å²) in [4.78, 5) is 23.5. The van der Waals surface area contributed by atoms with Crippen LogP contribution in [0, 0.1) is 0 Å². The molecule has 0 bridgehead atoms. The van der Waals surface area contributed by atoms with Crippen LogP contribution in [0.3, 0.4) is 0 Å². The molecule has 3 nitrogen and oxygen atoms in total. The van der Waals surface area contributed by atoms with Gasteiger partial charge in [0.1, 0.15) is 0 Å². The van der Waals surface area contributed by atoms with Crippen molar-refractivity contribution in [2.45, 2.75) is 25.7 Å². The first kappa shape index (κ1) is 8.65. The number of nitrogens with zero attached hydrogens (tertiary/aromatic N) is 1.